The molecule has 0 aliphatic rings. The van der Waals surface area contributed by atoms with Crippen LogP contribution in [0.3, 0.4) is 0 Å². The van der Waals surface area contributed by atoms with Crippen molar-refractivity contribution < 1.29 is 8.78 Å². The number of H-pyrrole nitrogens is 1. The highest BCUT2D eigenvalue weighted by atomic mass is 35.5. The monoisotopic (exact) mass is 411 g/mol. The molecular formula is C22H16ClF2N3O. The molecule has 2 aromatic heterocycles. The van der Waals surface area contributed by atoms with Crippen molar-refractivity contribution in [2.75, 3.05) is 4.90 Å². The molecule has 146 valence electrons. The van der Waals surface area contributed by atoms with Crippen molar-refractivity contribution in [1.29, 1.82) is 0 Å². The van der Waals surface area contributed by atoms with E-state index in [-0.39, 0.29) is 12.1 Å². The summed E-state index contributed by atoms with van der Waals surface area (Å²) in [5.74, 6) is -1.45. The number of hydrogen-bond donors (Lipinski definition) is 1. The largest absolute Gasteiger partial charge is 0.322 e. The third kappa shape index (κ3) is 3.84. The van der Waals surface area contributed by atoms with Gasteiger partial charge in [0.2, 0.25) is 5.56 Å². The molecule has 0 aliphatic heterocycles. The molecule has 0 spiro atoms. The number of fused-ring (bicyclic) bond motifs is 1. The van der Waals surface area contributed by atoms with Crippen LogP contribution >= 0.6 is 11.6 Å². The van der Waals surface area contributed by atoms with Crippen molar-refractivity contribution in [3.63, 3.8) is 0 Å². The predicted octanol–water partition coefficient (Wildman–Crippen LogP) is 5.50. The van der Waals surface area contributed by atoms with Gasteiger partial charge in [0.05, 0.1) is 12.1 Å². The van der Waals surface area contributed by atoms with E-state index in [4.69, 9.17) is 11.6 Å². The molecule has 4 nitrogen and oxygen atoms in total. The van der Waals surface area contributed by atoms with Crippen LogP contribution < -0.4 is 10.5 Å². The Labute approximate surface area is 170 Å². The molecule has 0 radical (unpaired) electrons. The van der Waals surface area contributed by atoms with Gasteiger partial charge in [0.15, 0.2) is 11.6 Å². The van der Waals surface area contributed by atoms with Gasteiger partial charge < -0.3 is 9.88 Å². The van der Waals surface area contributed by atoms with Crippen molar-refractivity contribution in [3.8, 4) is 0 Å². The molecule has 4 rings (SSSR count). The van der Waals surface area contributed by atoms with Gasteiger partial charge in [0.25, 0.3) is 0 Å². The van der Waals surface area contributed by atoms with Gasteiger partial charge in [0, 0.05) is 28.4 Å². The Bertz CT molecular complexity index is 1230. The second kappa shape index (κ2) is 7.64. The number of anilines is 2. The van der Waals surface area contributed by atoms with Crippen molar-refractivity contribution in [2.24, 2.45) is 0 Å². The first-order chi connectivity index (χ1) is 13.9. The molecule has 0 saturated heterocycles. The minimum atomic E-state index is -1.08. The van der Waals surface area contributed by atoms with E-state index in [1.807, 2.05) is 36.1 Å². The quantitative estimate of drug-likeness (QED) is 0.482. The van der Waals surface area contributed by atoms with E-state index < -0.39 is 17.2 Å². The number of nitrogens with zero attached hydrogens (tertiary/aromatic N) is 2. The van der Waals surface area contributed by atoms with Gasteiger partial charge in [0.1, 0.15) is 5.82 Å². The van der Waals surface area contributed by atoms with Crippen molar-refractivity contribution in [2.45, 2.75) is 13.5 Å². The normalized spacial score (nSPS) is 11.0. The second-order valence-electron chi connectivity index (χ2n) is 6.70. The molecular weight excluding hydrogens is 396 g/mol. The average molecular weight is 412 g/mol. The van der Waals surface area contributed by atoms with Gasteiger partial charge in [-0.05, 0) is 60.5 Å². The molecule has 0 amide bonds. The fourth-order valence-corrected chi connectivity index (χ4v) is 3.44. The van der Waals surface area contributed by atoms with E-state index in [0.29, 0.717) is 21.8 Å². The fraction of sp³-hybridized carbons (Fsp3) is 0.0909. The van der Waals surface area contributed by atoms with E-state index in [2.05, 4.69) is 9.97 Å². The van der Waals surface area contributed by atoms with Gasteiger partial charge in [-0.3, -0.25) is 4.79 Å². The first kappa shape index (κ1) is 19.1. The van der Waals surface area contributed by atoms with Gasteiger partial charge in [-0.2, -0.15) is 0 Å². The molecule has 0 fully saturated rings. The highest BCUT2D eigenvalue weighted by Gasteiger charge is 2.17. The molecule has 0 bridgehead atoms. The lowest BCUT2D eigenvalue weighted by Gasteiger charge is -2.25. The van der Waals surface area contributed by atoms with Gasteiger partial charge >= 0.3 is 0 Å². The SMILES string of the molecule is Cc1ccnc(N(Cc2cc(=O)[nH]c3c(F)c(F)ccc23)c2cccc(Cl)c2)c1. The number of hydrogen-bond acceptors (Lipinski definition) is 3. The zero-order valence-corrected chi connectivity index (χ0v) is 16.2. The van der Waals surface area contributed by atoms with Crippen molar-refractivity contribution >= 4 is 34.0 Å². The number of benzene rings is 2. The molecule has 7 heteroatoms. The number of rotatable bonds is 4. The van der Waals surface area contributed by atoms with Crippen molar-refractivity contribution in [3.05, 3.63) is 98.9 Å². The molecule has 0 aliphatic carbocycles. The van der Waals surface area contributed by atoms with Crippen LogP contribution in [0.1, 0.15) is 11.1 Å². The summed E-state index contributed by atoms with van der Waals surface area (Å²) < 4.78 is 27.9. The zero-order valence-electron chi connectivity index (χ0n) is 15.4. The first-order valence-corrected chi connectivity index (χ1v) is 9.26. The summed E-state index contributed by atoms with van der Waals surface area (Å²) in [5, 5.41) is 0.965. The Balaban J connectivity index is 1.89. The Morgan fingerprint density at radius 1 is 1.10 bits per heavy atom. The Morgan fingerprint density at radius 3 is 2.69 bits per heavy atom. The predicted molar refractivity (Wildman–Crippen MR) is 111 cm³/mol. The van der Waals surface area contributed by atoms with E-state index in [1.54, 1.807) is 18.3 Å². The van der Waals surface area contributed by atoms with E-state index in [9.17, 15) is 13.6 Å². The van der Waals surface area contributed by atoms with Crippen LogP contribution in [0.4, 0.5) is 20.3 Å². The van der Waals surface area contributed by atoms with Crippen LogP contribution in [0, 0.1) is 18.6 Å². The van der Waals surface area contributed by atoms with E-state index >= 15 is 0 Å². The highest BCUT2D eigenvalue weighted by molar-refractivity contribution is 6.30. The van der Waals surface area contributed by atoms with Crippen LogP contribution in [0.2, 0.25) is 5.02 Å². The first-order valence-electron chi connectivity index (χ1n) is 8.88. The lowest BCUT2D eigenvalue weighted by Crippen LogP contribution is -2.20. The van der Waals surface area contributed by atoms with E-state index in [1.165, 1.54) is 12.1 Å². The summed E-state index contributed by atoms with van der Waals surface area (Å²) in [7, 11) is 0. The standard InChI is InChI=1S/C22H16ClF2N3O/c1-13-7-8-26-19(9-13)28(16-4-2-3-15(23)11-16)12-14-10-20(29)27-22-17(14)5-6-18(24)21(22)25/h2-11H,12H2,1H3,(H,27,29). The number of nitrogens with one attached hydrogen (secondary N) is 1. The summed E-state index contributed by atoms with van der Waals surface area (Å²) >= 11 is 6.18. The molecule has 0 saturated carbocycles. The molecule has 4 aromatic rings. The zero-order chi connectivity index (χ0) is 20.5. The second-order valence-corrected chi connectivity index (χ2v) is 7.14. The number of halogens is 3. The number of aryl methyl sites for hydroxylation is 1. The number of aromatic amines is 1. The van der Waals surface area contributed by atoms with Crippen LogP contribution in [-0.2, 0) is 6.54 Å². The molecule has 29 heavy (non-hydrogen) atoms. The highest BCUT2D eigenvalue weighted by Crippen LogP contribution is 2.30. The topological polar surface area (TPSA) is 49.0 Å². The van der Waals surface area contributed by atoms with Gasteiger partial charge in [-0.25, -0.2) is 13.8 Å². The Kier molecular flexibility index (Phi) is 5.03. The van der Waals surface area contributed by atoms with Crippen LogP contribution in [-0.4, -0.2) is 9.97 Å². The van der Waals surface area contributed by atoms with Crippen molar-refractivity contribution in [1.82, 2.24) is 9.97 Å². The smallest absolute Gasteiger partial charge is 0.248 e. The summed E-state index contributed by atoms with van der Waals surface area (Å²) in [5.41, 5.74) is 1.62. The maximum absolute atomic E-state index is 14.3. The van der Waals surface area contributed by atoms with Crippen LogP contribution in [0.25, 0.3) is 10.9 Å². The molecule has 1 N–H and O–H groups in total. The third-order valence-corrected chi connectivity index (χ3v) is 4.86. The Hall–Kier alpha value is -3.25. The summed E-state index contributed by atoms with van der Waals surface area (Å²) in [6, 6.07) is 14.9. The van der Waals surface area contributed by atoms with Gasteiger partial charge in [-0.1, -0.05) is 17.7 Å². The number of pyridine rings is 2. The van der Waals surface area contributed by atoms with E-state index in [0.717, 1.165) is 17.3 Å². The minimum Gasteiger partial charge on any atom is -0.322 e. The average Bonchev–Trinajstić information content (AvgIpc) is 2.69. The minimum absolute atomic E-state index is 0.157. The Morgan fingerprint density at radius 2 is 1.93 bits per heavy atom. The maximum Gasteiger partial charge on any atom is 0.248 e. The molecule has 0 unspecified atom stereocenters. The fourth-order valence-electron chi connectivity index (χ4n) is 3.25. The van der Waals surface area contributed by atoms with Gasteiger partial charge in [-0.15, -0.1) is 0 Å². The maximum atomic E-state index is 14.3. The summed E-state index contributed by atoms with van der Waals surface area (Å²) in [6.45, 7) is 2.16. The lowest BCUT2D eigenvalue weighted by atomic mass is 10.1. The third-order valence-electron chi connectivity index (χ3n) is 4.62. The van der Waals surface area contributed by atoms with Crippen LogP contribution in [0.15, 0.2) is 65.6 Å². The molecule has 2 aromatic carbocycles. The number of aromatic nitrogens is 2. The molecule has 2 heterocycles. The van der Waals surface area contributed by atoms with Crippen LogP contribution in [0.5, 0.6) is 0 Å². The molecule has 0 atom stereocenters. The summed E-state index contributed by atoms with van der Waals surface area (Å²) in [6.07, 6.45) is 1.69. The lowest BCUT2D eigenvalue weighted by molar-refractivity contribution is 0.515. The summed E-state index contributed by atoms with van der Waals surface area (Å²) in [4.78, 5) is 20.8.